The van der Waals surface area contributed by atoms with Crippen LogP contribution in [0.15, 0.2) is 0 Å². The lowest BCUT2D eigenvalue weighted by Crippen LogP contribution is -2.27. The van der Waals surface area contributed by atoms with E-state index in [9.17, 15) is 0 Å². The van der Waals surface area contributed by atoms with E-state index in [1.54, 1.807) is 0 Å². The van der Waals surface area contributed by atoms with Crippen molar-refractivity contribution in [2.24, 2.45) is 5.73 Å². The first-order valence-corrected chi connectivity index (χ1v) is 4.20. The van der Waals surface area contributed by atoms with Gasteiger partial charge in [-0.25, -0.2) is 0 Å². The molecule has 0 aromatic rings. The molecule has 0 bridgehead atoms. The largest absolute Gasteiger partial charge is 0.316 e. The number of nitrogens with two attached hydrogens (primary N) is 1. The molecule has 0 saturated carbocycles. The lowest BCUT2D eigenvalue weighted by Gasteiger charge is -2.14. The first kappa shape index (κ1) is 8.51. The molecule has 1 heterocycles. The SMILES string of the molecule is N#C[C@H](N)CCN1CCCC1. The highest BCUT2D eigenvalue weighted by Crippen LogP contribution is 2.07. The van der Waals surface area contributed by atoms with E-state index in [4.69, 9.17) is 11.0 Å². The van der Waals surface area contributed by atoms with Gasteiger partial charge in [0.25, 0.3) is 0 Å². The van der Waals surface area contributed by atoms with E-state index < -0.39 is 0 Å². The average Bonchev–Trinajstić information content (AvgIpc) is 2.52. The second kappa shape index (κ2) is 4.32. The fraction of sp³-hybridized carbons (Fsp3) is 0.875. The Morgan fingerprint density at radius 3 is 2.64 bits per heavy atom. The van der Waals surface area contributed by atoms with Crippen LogP contribution in [0.5, 0.6) is 0 Å². The normalized spacial score (nSPS) is 21.5. The Morgan fingerprint density at radius 1 is 1.45 bits per heavy atom. The van der Waals surface area contributed by atoms with E-state index in [0.717, 1.165) is 13.0 Å². The third-order valence-electron chi connectivity index (χ3n) is 2.12. The maximum absolute atomic E-state index is 8.42. The molecule has 0 amide bonds. The van der Waals surface area contributed by atoms with Crippen molar-refractivity contribution in [1.29, 1.82) is 5.26 Å². The maximum Gasteiger partial charge on any atom is 0.0940 e. The van der Waals surface area contributed by atoms with Crippen molar-refractivity contribution in [3.8, 4) is 6.07 Å². The quantitative estimate of drug-likeness (QED) is 0.635. The molecule has 1 fully saturated rings. The van der Waals surface area contributed by atoms with Crippen molar-refractivity contribution in [3.05, 3.63) is 0 Å². The number of likely N-dealkylation sites (tertiary alicyclic amines) is 1. The number of nitrogens with zero attached hydrogens (tertiary/aromatic N) is 2. The highest BCUT2D eigenvalue weighted by Gasteiger charge is 2.11. The van der Waals surface area contributed by atoms with Gasteiger partial charge in [0, 0.05) is 6.54 Å². The third kappa shape index (κ3) is 2.87. The summed E-state index contributed by atoms with van der Waals surface area (Å²) in [4.78, 5) is 2.37. The van der Waals surface area contributed by atoms with Crippen LogP contribution in [0, 0.1) is 11.3 Å². The molecule has 0 aromatic heterocycles. The lowest BCUT2D eigenvalue weighted by molar-refractivity contribution is 0.329. The summed E-state index contributed by atoms with van der Waals surface area (Å²) in [5, 5.41) is 8.42. The van der Waals surface area contributed by atoms with Gasteiger partial charge in [-0.1, -0.05) is 0 Å². The zero-order valence-corrected chi connectivity index (χ0v) is 6.79. The predicted octanol–water partition coefficient (Wildman–Crippen LogP) is 0.323. The lowest BCUT2D eigenvalue weighted by atomic mass is 10.2. The Morgan fingerprint density at radius 2 is 2.09 bits per heavy atom. The van der Waals surface area contributed by atoms with Gasteiger partial charge in [-0.2, -0.15) is 5.26 Å². The molecule has 0 unspecified atom stereocenters. The van der Waals surface area contributed by atoms with Crippen LogP contribution in [0.25, 0.3) is 0 Å². The zero-order valence-electron chi connectivity index (χ0n) is 6.79. The number of hydrogen-bond acceptors (Lipinski definition) is 3. The van der Waals surface area contributed by atoms with Crippen LogP contribution >= 0.6 is 0 Å². The van der Waals surface area contributed by atoms with Crippen LogP contribution in [0.3, 0.4) is 0 Å². The summed E-state index contributed by atoms with van der Waals surface area (Å²) in [5.41, 5.74) is 5.46. The molecule has 0 spiro atoms. The first-order chi connectivity index (χ1) is 5.33. The Balaban J connectivity index is 2.07. The van der Waals surface area contributed by atoms with Crippen molar-refractivity contribution < 1.29 is 0 Å². The minimum Gasteiger partial charge on any atom is -0.316 e. The van der Waals surface area contributed by atoms with Crippen LogP contribution < -0.4 is 5.73 Å². The molecule has 0 aliphatic carbocycles. The maximum atomic E-state index is 8.42. The number of rotatable bonds is 3. The van der Waals surface area contributed by atoms with Crippen LogP contribution in [-0.4, -0.2) is 30.6 Å². The fourth-order valence-corrected chi connectivity index (χ4v) is 1.39. The van der Waals surface area contributed by atoms with E-state index in [2.05, 4.69) is 4.90 Å². The second-order valence-electron chi connectivity index (χ2n) is 3.07. The van der Waals surface area contributed by atoms with E-state index in [1.165, 1.54) is 25.9 Å². The van der Waals surface area contributed by atoms with Gasteiger partial charge in [-0.15, -0.1) is 0 Å². The number of hydrogen-bond donors (Lipinski definition) is 1. The second-order valence-corrected chi connectivity index (χ2v) is 3.07. The van der Waals surface area contributed by atoms with Gasteiger partial charge in [0.05, 0.1) is 12.1 Å². The van der Waals surface area contributed by atoms with E-state index in [-0.39, 0.29) is 6.04 Å². The van der Waals surface area contributed by atoms with Crippen LogP contribution in [-0.2, 0) is 0 Å². The standard InChI is InChI=1S/C8H15N3/c9-7-8(10)3-6-11-4-1-2-5-11/h8H,1-6,10H2/t8-/m1/s1. The molecule has 1 aliphatic rings. The highest BCUT2D eigenvalue weighted by atomic mass is 15.1. The summed E-state index contributed by atoms with van der Waals surface area (Å²) in [6.07, 6.45) is 3.43. The minimum absolute atomic E-state index is 0.268. The average molecular weight is 153 g/mol. The van der Waals surface area contributed by atoms with Gasteiger partial charge >= 0.3 is 0 Å². The molecule has 1 atom stereocenters. The van der Waals surface area contributed by atoms with Crippen LogP contribution in [0.4, 0.5) is 0 Å². The Labute approximate surface area is 67.8 Å². The van der Waals surface area contributed by atoms with Crippen LogP contribution in [0.1, 0.15) is 19.3 Å². The molecule has 1 saturated heterocycles. The van der Waals surface area contributed by atoms with Gasteiger partial charge < -0.3 is 10.6 Å². The summed E-state index contributed by atoms with van der Waals surface area (Å²) in [5.74, 6) is 0. The molecule has 1 rings (SSSR count). The van der Waals surface area contributed by atoms with Gasteiger partial charge in [0.1, 0.15) is 0 Å². The van der Waals surface area contributed by atoms with Gasteiger partial charge in [-0.05, 0) is 32.4 Å². The summed E-state index contributed by atoms with van der Waals surface area (Å²) >= 11 is 0. The fourth-order valence-electron chi connectivity index (χ4n) is 1.39. The minimum atomic E-state index is -0.268. The monoisotopic (exact) mass is 153 g/mol. The van der Waals surface area contributed by atoms with Crippen molar-refractivity contribution in [1.82, 2.24) is 4.90 Å². The molecular weight excluding hydrogens is 138 g/mol. The molecule has 2 N–H and O–H groups in total. The molecule has 62 valence electrons. The molecule has 11 heavy (non-hydrogen) atoms. The molecule has 0 aromatic carbocycles. The van der Waals surface area contributed by atoms with Crippen molar-refractivity contribution in [2.45, 2.75) is 25.3 Å². The first-order valence-electron chi connectivity index (χ1n) is 4.20. The number of nitriles is 1. The zero-order chi connectivity index (χ0) is 8.10. The van der Waals surface area contributed by atoms with Crippen molar-refractivity contribution in [3.63, 3.8) is 0 Å². The van der Waals surface area contributed by atoms with Gasteiger partial charge in [-0.3, -0.25) is 0 Å². The summed E-state index contributed by atoms with van der Waals surface area (Å²) in [6, 6.07) is 1.77. The summed E-state index contributed by atoms with van der Waals surface area (Å²) in [6.45, 7) is 3.38. The molecule has 0 radical (unpaired) electrons. The summed E-state index contributed by atoms with van der Waals surface area (Å²) in [7, 11) is 0. The van der Waals surface area contributed by atoms with E-state index >= 15 is 0 Å². The third-order valence-corrected chi connectivity index (χ3v) is 2.12. The van der Waals surface area contributed by atoms with Crippen LogP contribution in [0.2, 0.25) is 0 Å². The molecule has 3 nitrogen and oxygen atoms in total. The molecule has 3 heteroatoms. The van der Waals surface area contributed by atoms with Gasteiger partial charge in [0.15, 0.2) is 0 Å². The molecular formula is C8H15N3. The summed E-state index contributed by atoms with van der Waals surface area (Å²) < 4.78 is 0. The molecule has 1 aliphatic heterocycles. The topological polar surface area (TPSA) is 53.1 Å². The van der Waals surface area contributed by atoms with E-state index in [1.807, 2.05) is 6.07 Å². The van der Waals surface area contributed by atoms with E-state index in [0.29, 0.717) is 0 Å². The Bertz CT molecular complexity index is 144. The Hall–Kier alpha value is -0.590. The predicted molar refractivity (Wildman–Crippen MR) is 43.9 cm³/mol. The smallest absolute Gasteiger partial charge is 0.0940 e. The van der Waals surface area contributed by atoms with Gasteiger partial charge in [0.2, 0.25) is 0 Å². The Kier molecular flexibility index (Phi) is 3.34. The van der Waals surface area contributed by atoms with Crippen molar-refractivity contribution in [2.75, 3.05) is 19.6 Å². The highest BCUT2D eigenvalue weighted by molar-refractivity contribution is 4.87. The van der Waals surface area contributed by atoms with Crippen molar-refractivity contribution >= 4 is 0 Å².